The van der Waals surface area contributed by atoms with Crippen molar-refractivity contribution in [1.82, 2.24) is 0 Å². The normalized spacial score (nSPS) is 18.6. The van der Waals surface area contributed by atoms with Crippen LogP contribution in [0.2, 0.25) is 0 Å². The summed E-state index contributed by atoms with van der Waals surface area (Å²) in [6.07, 6.45) is 2.82. The Morgan fingerprint density at radius 2 is 1.71 bits per heavy atom. The van der Waals surface area contributed by atoms with E-state index in [2.05, 4.69) is 0 Å². The van der Waals surface area contributed by atoms with E-state index in [4.69, 9.17) is 0 Å². The highest BCUT2D eigenvalue weighted by atomic mass is 32.2. The number of hydrogen-bond acceptors (Lipinski definition) is 4. The third-order valence-corrected chi connectivity index (χ3v) is 6.58. The molecule has 1 saturated carbocycles. The van der Waals surface area contributed by atoms with Crippen LogP contribution in [-0.4, -0.2) is 39.1 Å². The summed E-state index contributed by atoms with van der Waals surface area (Å²) < 4.78 is 37.6. The molecule has 0 spiro atoms. The van der Waals surface area contributed by atoms with E-state index >= 15 is 0 Å². The Balaban J connectivity index is 1.76. The maximum atomic E-state index is 14.6. The summed E-state index contributed by atoms with van der Waals surface area (Å²) in [4.78, 5) is 28.6. The number of fused-ring (bicyclic) bond motifs is 1. The van der Waals surface area contributed by atoms with Gasteiger partial charge in [0.15, 0.2) is 9.84 Å². The summed E-state index contributed by atoms with van der Waals surface area (Å²) >= 11 is 0. The highest BCUT2D eigenvalue weighted by Crippen LogP contribution is 2.42. The molecule has 0 aromatic heterocycles. The van der Waals surface area contributed by atoms with Gasteiger partial charge in [-0.05, 0) is 49.1 Å². The number of rotatable bonds is 4. The van der Waals surface area contributed by atoms with Crippen molar-refractivity contribution in [2.75, 3.05) is 22.6 Å². The Bertz CT molecular complexity index is 1170. The molecule has 164 valence electrons. The van der Waals surface area contributed by atoms with Crippen molar-refractivity contribution >= 4 is 33.0 Å². The molecule has 2 aliphatic rings. The third kappa shape index (κ3) is 4.35. The number of anilines is 2. The Morgan fingerprint density at radius 3 is 2.29 bits per heavy atom. The van der Waals surface area contributed by atoms with Crippen LogP contribution in [0.4, 0.5) is 15.8 Å². The second kappa shape index (κ2) is 7.75. The summed E-state index contributed by atoms with van der Waals surface area (Å²) in [6, 6.07) is 9.70. The minimum Gasteiger partial charge on any atom is -0.308 e. The second-order valence-electron chi connectivity index (χ2n) is 8.54. The lowest BCUT2D eigenvalue weighted by Gasteiger charge is -2.41. The Kier molecular flexibility index (Phi) is 5.37. The molecule has 2 aromatic carbocycles. The van der Waals surface area contributed by atoms with Gasteiger partial charge in [0.2, 0.25) is 11.8 Å². The zero-order valence-corrected chi connectivity index (χ0v) is 18.6. The number of hydrogen-bond donors (Lipinski definition) is 0. The van der Waals surface area contributed by atoms with Crippen molar-refractivity contribution in [3.63, 3.8) is 0 Å². The van der Waals surface area contributed by atoms with Crippen LogP contribution in [-0.2, 0) is 25.2 Å². The number of amides is 2. The first-order valence-electron chi connectivity index (χ1n) is 10.3. The van der Waals surface area contributed by atoms with Crippen LogP contribution in [0.5, 0.6) is 0 Å². The Hall–Kier alpha value is -2.74. The zero-order valence-electron chi connectivity index (χ0n) is 17.8. The topological polar surface area (TPSA) is 74.8 Å². The SMILES string of the molecule is CC(=O)N1c2ccc(-c3ccc(CS(C)(=O)=O)c(F)c3)cc2N(C(=O)C2CC2)C[C@@H]1C. The lowest BCUT2D eigenvalue weighted by Crippen LogP contribution is -2.51. The molecule has 2 aromatic rings. The van der Waals surface area contributed by atoms with Gasteiger partial charge in [0.1, 0.15) is 5.82 Å². The van der Waals surface area contributed by atoms with Gasteiger partial charge in [-0.2, -0.15) is 0 Å². The number of benzene rings is 2. The Morgan fingerprint density at radius 1 is 1.06 bits per heavy atom. The molecular weight excluding hydrogens is 419 g/mol. The van der Waals surface area contributed by atoms with Crippen LogP contribution in [0.15, 0.2) is 36.4 Å². The van der Waals surface area contributed by atoms with E-state index < -0.39 is 15.7 Å². The molecule has 0 radical (unpaired) electrons. The fourth-order valence-electron chi connectivity index (χ4n) is 4.17. The average Bonchev–Trinajstić information content (AvgIpc) is 3.52. The average molecular weight is 445 g/mol. The largest absolute Gasteiger partial charge is 0.308 e. The summed E-state index contributed by atoms with van der Waals surface area (Å²) in [5.74, 6) is -0.969. The van der Waals surface area contributed by atoms with Crippen molar-refractivity contribution in [2.24, 2.45) is 5.92 Å². The number of halogens is 1. The van der Waals surface area contributed by atoms with Crippen LogP contribution < -0.4 is 9.80 Å². The molecule has 1 aliphatic heterocycles. The van der Waals surface area contributed by atoms with E-state index in [9.17, 15) is 22.4 Å². The summed E-state index contributed by atoms with van der Waals surface area (Å²) in [5.41, 5.74) is 2.69. The molecule has 1 aliphatic carbocycles. The summed E-state index contributed by atoms with van der Waals surface area (Å²) in [7, 11) is -3.35. The number of carbonyl (C=O) groups excluding carboxylic acids is 2. The molecule has 6 nitrogen and oxygen atoms in total. The van der Waals surface area contributed by atoms with Crippen molar-refractivity contribution in [3.8, 4) is 11.1 Å². The van der Waals surface area contributed by atoms with E-state index in [0.717, 1.165) is 19.1 Å². The van der Waals surface area contributed by atoms with Gasteiger partial charge in [-0.25, -0.2) is 12.8 Å². The van der Waals surface area contributed by atoms with Crippen molar-refractivity contribution < 1.29 is 22.4 Å². The van der Waals surface area contributed by atoms with Crippen LogP contribution in [0.3, 0.4) is 0 Å². The lowest BCUT2D eigenvalue weighted by molar-refractivity contribution is -0.120. The minimum absolute atomic E-state index is 0.0281. The van der Waals surface area contributed by atoms with Gasteiger partial charge in [0.05, 0.1) is 23.2 Å². The van der Waals surface area contributed by atoms with E-state index in [1.54, 1.807) is 28.0 Å². The molecular formula is C23H25FN2O4S. The highest BCUT2D eigenvalue weighted by molar-refractivity contribution is 7.89. The molecule has 1 heterocycles. The predicted molar refractivity (Wildman–Crippen MR) is 118 cm³/mol. The monoisotopic (exact) mass is 444 g/mol. The molecule has 4 rings (SSSR count). The van der Waals surface area contributed by atoms with E-state index in [1.807, 2.05) is 13.0 Å². The Labute approximate surface area is 181 Å². The minimum atomic E-state index is -3.35. The molecule has 0 N–H and O–H groups in total. The fourth-order valence-corrected chi connectivity index (χ4v) is 4.97. The van der Waals surface area contributed by atoms with Gasteiger partial charge in [0.25, 0.3) is 0 Å². The van der Waals surface area contributed by atoms with Gasteiger partial charge >= 0.3 is 0 Å². The maximum absolute atomic E-state index is 14.6. The van der Waals surface area contributed by atoms with Gasteiger partial charge in [-0.1, -0.05) is 18.2 Å². The standard InChI is InChI=1S/C23H25FN2O4S/c1-14-12-25(23(28)16-4-5-16)22-11-18(8-9-21(22)26(14)15(2)27)17-6-7-19(20(24)10-17)13-31(3,29)30/h6-11,14,16H,4-5,12-13H2,1-3H3/t14-/m0/s1. The van der Waals surface area contributed by atoms with Gasteiger partial charge in [0, 0.05) is 31.2 Å². The van der Waals surface area contributed by atoms with E-state index in [0.29, 0.717) is 29.0 Å². The molecule has 8 heteroatoms. The van der Waals surface area contributed by atoms with Crippen molar-refractivity contribution in [2.45, 2.75) is 38.5 Å². The first kappa shape index (κ1) is 21.5. The molecule has 1 atom stereocenters. The molecule has 31 heavy (non-hydrogen) atoms. The molecule has 0 unspecified atom stereocenters. The van der Waals surface area contributed by atoms with Gasteiger partial charge in [-0.3, -0.25) is 9.59 Å². The molecule has 0 bridgehead atoms. The fraction of sp³-hybridized carbons (Fsp3) is 0.391. The molecule has 2 amide bonds. The summed E-state index contributed by atoms with van der Waals surface area (Å²) in [6.45, 7) is 3.83. The third-order valence-electron chi connectivity index (χ3n) is 5.75. The first-order valence-corrected chi connectivity index (χ1v) is 12.3. The first-order chi connectivity index (χ1) is 14.5. The second-order valence-corrected chi connectivity index (χ2v) is 10.7. The predicted octanol–water partition coefficient (Wildman–Crippen LogP) is 3.54. The number of sulfone groups is 1. The van der Waals surface area contributed by atoms with Crippen LogP contribution in [0.25, 0.3) is 11.1 Å². The number of carbonyl (C=O) groups is 2. The smallest absolute Gasteiger partial charge is 0.230 e. The van der Waals surface area contributed by atoms with Crippen LogP contribution in [0.1, 0.15) is 32.3 Å². The highest BCUT2D eigenvalue weighted by Gasteiger charge is 2.39. The summed E-state index contributed by atoms with van der Waals surface area (Å²) in [5, 5.41) is 0. The molecule has 1 fully saturated rings. The maximum Gasteiger partial charge on any atom is 0.230 e. The van der Waals surface area contributed by atoms with Crippen LogP contribution in [0, 0.1) is 11.7 Å². The van der Waals surface area contributed by atoms with Crippen molar-refractivity contribution in [3.05, 3.63) is 47.8 Å². The zero-order chi connectivity index (χ0) is 22.5. The number of nitrogens with zero attached hydrogens (tertiary/aromatic N) is 2. The van der Waals surface area contributed by atoms with E-state index in [-0.39, 0.29) is 35.1 Å². The van der Waals surface area contributed by atoms with Gasteiger partial charge in [-0.15, -0.1) is 0 Å². The lowest BCUT2D eigenvalue weighted by atomic mass is 9.99. The quantitative estimate of drug-likeness (QED) is 0.723. The molecule has 0 saturated heterocycles. The van der Waals surface area contributed by atoms with Crippen molar-refractivity contribution in [1.29, 1.82) is 0 Å². The van der Waals surface area contributed by atoms with Gasteiger partial charge < -0.3 is 9.80 Å². The van der Waals surface area contributed by atoms with Crippen LogP contribution >= 0.6 is 0 Å². The van der Waals surface area contributed by atoms with E-state index in [1.165, 1.54) is 19.1 Å².